The highest BCUT2D eigenvalue weighted by Gasteiger charge is 2.68. The fourth-order valence-corrected chi connectivity index (χ4v) is 6.32. The third-order valence-corrected chi connectivity index (χ3v) is 8.34. The molecule has 6 heteroatoms. The van der Waals surface area contributed by atoms with E-state index in [9.17, 15) is 4.79 Å². The van der Waals surface area contributed by atoms with Crippen molar-refractivity contribution in [3.8, 4) is 0 Å². The number of hydrogen-bond donors (Lipinski definition) is 0. The number of esters is 1. The molecule has 34 heavy (non-hydrogen) atoms. The molecule has 0 unspecified atom stereocenters. The van der Waals surface area contributed by atoms with Gasteiger partial charge in [-0.1, -0.05) is 50.3 Å². The van der Waals surface area contributed by atoms with Gasteiger partial charge in [-0.05, 0) is 69.8 Å². The molecule has 4 fully saturated rings. The second-order valence-electron chi connectivity index (χ2n) is 12.1. The van der Waals surface area contributed by atoms with Crippen LogP contribution in [-0.4, -0.2) is 36.5 Å². The van der Waals surface area contributed by atoms with Gasteiger partial charge in [0.05, 0.1) is 24.4 Å². The van der Waals surface area contributed by atoms with E-state index >= 15 is 0 Å². The topological polar surface area (TPSA) is 54.0 Å². The highest BCUT2D eigenvalue weighted by molar-refractivity contribution is 6.48. The van der Waals surface area contributed by atoms with Crippen molar-refractivity contribution in [3.63, 3.8) is 0 Å². The normalized spacial score (nSPS) is 31.2. The molecular formula is C28H41BO5. The van der Waals surface area contributed by atoms with Gasteiger partial charge >= 0.3 is 13.1 Å². The fraction of sp³-hybridized carbons (Fsp3) is 0.679. The number of carbonyl (C=O) groups is 1. The van der Waals surface area contributed by atoms with E-state index in [1.165, 1.54) is 6.42 Å². The summed E-state index contributed by atoms with van der Waals surface area (Å²) in [6, 6.07) is 10.1. The lowest BCUT2D eigenvalue weighted by Crippen LogP contribution is -2.65. The lowest BCUT2D eigenvalue weighted by molar-refractivity contribution is -0.199. The van der Waals surface area contributed by atoms with E-state index in [1.807, 2.05) is 57.2 Å². The second kappa shape index (κ2) is 9.44. The predicted molar refractivity (Wildman–Crippen MR) is 134 cm³/mol. The molecule has 3 saturated carbocycles. The monoisotopic (exact) mass is 468 g/mol. The van der Waals surface area contributed by atoms with Gasteiger partial charge in [0.1, 0.15) is 5.60 Å². The van der Waals surface area contributed by atoms with Crippen LogP contribution in [0.4, 0.5) is 0 Å². The van der Waals surface area contributed by atoms with Crippen LogP contribution in [0.2, 0.25) is 5.82 Å². The Hall–Kier alpha value is -1.63. The van der Waals surface area contributed by atoms with Crippen LogP contribution in [0.15, 0.2) is 43.0 Å². The lowest BCUT2D eigenvalue weighted by atomic mass is 9.43. The van der Waals surface area contributed by atoms with Crippen molar-refractivity contribution in [2.24, 2.45) is 17.3 Å². The summed E-state index contributed by atoms with van der Waals surface area (Å²) in [5.74, 6) is 0.774. The molecule has 6 atom stereocenters. The number of rotatable bonds is 9. The van der Waals surface area contributed by atoms with Crippen molar-refractivity contribution >= 4 is 13.1 Å². The first-order valence-electron chi connectivity index (χ1n) is 12.8. The van der Waals surface area contributed by atoms with Crippen LogP contribution >= 0.6 is 0 Å². The average Bonchev–Trinajstić information content (AvgIpc) is 3.11. The van der Waals surface area contributed by atoms with Crippen LogP contribution in [-0.2, 0) is 30.2 Å². The van der Waals surface area contributed by atoms with Gasteiger partial charge in [-0.2, -0.15) is 0 Å². The maximum Gasteiger partial charge on any atom is 0.467 e. The highest BCUT2D eigenvalue weighted by atomic mass is 16.7. The van der Waals surface area contributed by atoms with Crippen LogP contribution in [0.3, 0.4) is 0 Å². The molecule has 4 aliphatic rings. The molecule has 1 heterocycles. The highest BCUT2D eigenvalue weighted by Crippen LogP contribution is 2.66. The van der Waals surface area contributed by atoms with Gasteiger partial charge in [-0.15, -0.1) is 6.58 Å². The Morgan fingerprint density at radius 2 is 1.94 bits per heavy atom. The summed E-state index contributed by atoms with van der Waals surface area (Å²) >= 11 is 0. The van der Waals surface area contributed by atoms with E-state index in [-0.39, 0.29) is 41.4 Å². The minimum atomic E-state index is -0.509. The lowest BCUT2D eigenvalue weighted by Gasteiger charge is -2.64. The van der Waals surface area contributed by atoms with Gasteiger partial charge < -0.3 is 18.8 Å². The van der Waals surface area contributed by atoms with Gasteiger partial charge in [0.25, 0.3) is 0 Å². The zero-order chi connectivity index (χ0) is 24.7. The first-order valence-corrected chi connectivity index (χ1v) is 12.8. The molecule has 5 rings (SSSR count). The Labute approximate surface area is 205 Å². The summed E-state index contributed by atoms with van der Waals surface area (Å²) in [6.45, 7) is 17.2. The molecule has 0 spiro atoms. The molecule has 186 valence electrons. The third-order valence-electron chi connectivity index (χ3n) is 8.34. The average molecular weight is 468 g/mol. The molecule has 0 N–H and O–H groups in total. The van der Waals surface area contributed by atoms with Crippen LogP contribution in [0.1, 0.15) is 72.8 Å². The molecule has 1 saturated heterocycles. The Morgan fingerprint density at radius 3 is 2.56 bits per heavy atom. The first kappa shape index (κ1) is 25.5. The summed E-state index contributed by atoms with van der Waals surface area (Å²) in [5, 5.41) is 0. The minimum absolute atomic E-state index is 0.0948. The van der Waals surface area contributed by atoms with Crippen molar-refractivity contribution in [3.05, 3.63) is 48.6 Å². The second-order valence-corrected chi connectivity index (χ2v) is 12.1. The standard InChI is InChI=1S/C28H41BO5/c1-8-21(29-33-24-17-20-16-23(27(20,5)6)28(24,7)34-29)22(14-15-25(30)32-26(2,3)4)31-18-19-12-10-9-11-13-19/h8-13,20-24H,1,14-18H2,2-7H3/t20-,21-,22-,23-,24+,28-/m1/s1. The van der Waals surface area contributed by atoms with Crippen LogP contribution in [0, 0.1) is 17.3 Å². The zero-order valence-electron chi connectivity index (χ0n) is 21.7. The van der Waals surface area contributed by atoms with Gasteiger partial charge in [0.15, 0.2) is 0 Å². The van der Waals surface area contributed by atoms with E-state index in [1.54, 1.807) is 0 Å². The fourth-order valence-electron chi connectivity index (χ4n) is 6.32. The number of ether oxygens (including phenoxy) is 2. The van der Waals surface area contributed by atoms with Gasteiger partial charge in [-0.25, -0.2) is 0 Å². The Balaban J connectivity index is 1.48. The van der Waals surface area contributed by atoms with Crippen LogP contribution in [0.5, 0.6) is 0 Å². The zero-order valence-corrected chi connectivity index (χ0v) is 21.7. The maximum atomic E-state index is 12.5. The quantitative estimate of drug-likeness (QED) is 0.254. The van der Waals surface area contributed by atoms with Crippen LogP contribution < -0.4 is 0 Å². The number of carbonyl (C=O) groups excluding carboxylic acids is 1. The number of hydrogen-bond acceptors (Lipinski definition) is 5. The molecule has 5 nitrogen and oxygen atoms in total. The molecule has 1 aliphatic heterocycles. The molecular weight excluding hydrogens is 427 g/mol. The summed E-state index contributed by atoms with van der Waals surface area (Å²) in [5.41, 5.74) is 0.571. The molecule has 1 aromatic rings. The molecule has 0 amide bonds. The summed E-state index contributed by atoms with van der Waals surface area (Å²) in [7, 11) is -0.429. The third kappa shape index (κ3) is 5.00. The van der Waals surface area contributed by atoms with Gasteiger partial charge in [0, 0.05) is 12.2 Å². The van der Waals surface area contributed by atoms with Crippen molar-refractivity contribution in [1.82, 2.24) is 0 Å². The Morgan fingerprint density at radius 1 is 1.24 bits per heavy atom. The van der Waals surface area contributed by atoms with E-state index in [0.717, 1.165) is 12.0 Å². The Bertz CT molecular complexity index is 879. The van der Waals surface area contributed by atoms with Gasteiger partial charge in [0.2, 0.25) is 0 Å². The van der Waals surface area contributed by atoms with E-state index in [2.05, 4.69) is 27.4 Å². The first-order chi connectivity index (χ1) is 15.9. The van der Waals surface area contributed by atoms with Crippen molar-refractivity contribution in [2.45, 2.75) is 103 Å². The summed E-state index contributed by atoms with van der Waals surface area (Å²) in [4.78, 5) is 12.5. The summed E-state index contributed by atoms with van der Waals surface area (Å²) in [6.07, 6.45) is 4.73. The summed E-state index contributed by atoms with van der Waals surface area (Å²) < 4.78 is 25.2. The molecule has 0 radical (unpaired) electrons. The van der Waals surface area contributed by atoms with Crippen molar-refractivity contribution in [1.29, 1.82) is 0 Å². The minimum Gasteiger partial charge on any atom is -0.460 e. The van der Waals surface area contributed by atoms with E-state index in [0.29, 0.717) is 24.9 Å². The van der Waals surface area contributed by atoms with Crippen molar-refractivity contribution < 1.29 is 23.6 Å². The van der Waals surface area contributed by atoms with Crippen LogP contribution in [0.25, 0.3) is 0 Å². The smallest absolute Gasteiger partial charge is 0.460 e. The largest absolute Gasteiger partial charge is 0.467 e. The van der Waals surface area contributed by atoms with Crippen molar-refractivity contribution in [2.75, 3.05) is 0 Å². The SMILES string of the molecule is C=C[C@@H](B1O[C@H]2C[C@H]3C[C@H](C3(C)C)[C@@]2(C)O1)[C@@H](CCC(=O)OC(C)(C)C)OCc1ccccc1. The van der Waals surface area contributed by atoms with E-state index in [4.69, 9.17) is 18.8 Å². The molecule has 3 aliphatic carbocycles. The Kier molecular flexibility index (Phi) is 7.07. The van der Waals surface area contributed by atoms with E-state index < -0.39 is 12.7 Å². The molecule has 0 aromatic heterocycles. The maximum absolute atomic E-state index is 12.5. The molecule has 2 bridgehead atoms. The molecule has 1 aromatic carbocycles. The van der Waals surface area contributed by atoms with Gasteiger partial charge in [-0.3, -0.25) is 4.79 Å². The predicted octanol–water partition coefficient (Wildman–Crippen LogP) is 5.98. The number of benzene rings is 1.